The predicted octanol–water partition coefficient (Wildman–Crippen LogP) is 1.87. The van der Waals surface area contributed by atoms with Crippen LogP contribution in [0.2, 0.25) is 0 Å². The molecule has 1 aliphatic rings. The van der Waals surface area contributed by atoms with Crippen molar-refractivity contribution in [3.8, 4) is 11.3 Å². The highest BCUT2D eigenvalue weighted by molar-refractivity contribution is 5.57. The molecule has 2 aromatic heterocycles. The largest absolute Gasteiger partial charge is 0.359 e. The minimum atomic E-state index is 0.651. The molecule has 0 radical (unpaired) electrons. The van der Waals surface area contributed by atoms with Crippen molar-refractivity contribution in [2.75, 3.05) is 27.2 Å². The van der Waals surface area contributed by atoms with Gasteiger partial charge >= 0.3 is 0 Å². The summed E-state index contributed by atoms with van der Waals surface area (Å²) in [5.74, 6) is 0.927. The molecular weight excluding hydrogens is 252 g/mol. The minimum Gasteiger partial charge on any atom is -0.359 e. The second-order valence-electron chi connectivity index (χ2n) is 5.56. The van der Waals surface area contributed by atoms with Crippen LogP contribution in [0.4, 0.5) is 0 Å². The van der Waals surface area contributed by atoms with Crippen LogP contribution in [0.15, 0.2) is 35.1 Å². The number of pyridine rings is 1. The van der Waals surface area contributed by atoms with Gasteiger partial charge in [-0.25, -0.2) is 0 Å². The van der Waals surface area contributed by atoms with Gasteiger partial charge in [0.15, 0.2) is 5.76 Å². The van der Waals surface area contributed by atoms with Gasteiger partial charge in [-0.05, 0) is 32.6 Å². The second kappa shape index (κ2) is 5.73. The molecule has 1 atom stereocenters. The third kappa shape index (κ3) is 2.89. The Morgan fingerprint density at radius 1 is 1.35 bits per heavy atom. The Morgan fingerprint density at radius 2 is 2.15 bits per heavy atom. The van der Waals surface area contributed by atoms with Crippen LogP contribution in [-0.2, 0) is 6.54 Å². The molecule has 3 rings (SSSR count). The van der Waals surface area contributed by atoms with Crippen molar-refractivity contribution < 1.29 is 4.52 Å². The van der Waals surface area contributed by atoms with E-state index in [9.17, 15) is 0 Å². The molecule has 106 valence electrons. The SMILES string of the molecule is CN(C)[C@H]1CCN(Cc2cc(-c3ccncc3)no2)C1. The molecule has 2 aromatic rings. The van der Waals surface area contributed by atoms with Gasteiger partial charge in [0.1, 0.15) is 5.69 Å². The van der Waals surface area contributed by atoms with Crippen LogP contribution in [0.3, 0.4) is 0 Å². The third-order valence-electron chi connectivity index (χ3n) is 3.89. The maximum atomic E-state index is 5.45. The normalized spacial score (nSPS) is 19.9. The van der Waals surface area contributed by atoms with Crippen molar-refractivity contribution in [1.29, 1.82) is 0 Å². The maximum absolute atomic E-state index is 5.45. The van der Waals surface area contributed by atoms with Crippen LogP contribution in [0, 0.1) is 0 Å². The predicted molar refractivity (Wildman–Crippen MR) is 77.1 cm³/mol. The Balaban J connectivity index is 1.64. The summed E-state index contributed by atoms with van der Waals surface area (Å²) >= 11 is 0. The summed E-state index contributed by atoms with van der Waals surface area (Å²) in [5.41, 5.74) is 1.92. The number of hydrogen-bond acceptors (Lipinski definition) is 5. The van der Waals surface area contributed by atoms with Crippen molar-refractivity contribution >= 4 is 0 Å². The fourth-order valence-corrected chi connectivity index (χ4v) is 2.64. The number of aromatic nitrogens is 2. The van der Waals surface area contributed by atoms with Gasteiger partial charge in [0.05, 0.1) is 6.54 Å². The van der Waals surface area contributed by atoms with Crippen molar-refractivity contribution in [2.45, 2.75) is 19.0 Å². The molecule has 0 saturated carbocycles. The zero-order valence-corrected chi connectivity index (χ0v) is 12.0. The van der Waals surface area contributed by atoms with E-state index >= 15 is 0 Å². The van der Waals surface area contributed by atoms with E-state index in [1.807, 2.05) is 18.2 Å². The second-order valence-corrected chi connectivity index (χ2v) is 5.56. The highest BCUT2D eigenvalue weighted by atomic mass is 16.5. The summed E-state index contributed by atoms with van der Waals surface area (Å²) < 4.78 is 5.45. The van der Waals surface area contributed by atoms with Gasteiger partial charge < -0.3 is 9.42 Å². The summed E-state index contributed by atoms with van der Waals surface area (Å²) in [6.45, 7) is 3.05. The van der Waals surface area contributed by atoms with Gasteiger partial charge in [-0.1, -0.05) is 5.16 Å². The zero-order chi connectivity index (χ0) is 13.9. The van der Waals surface area contributed by atoms with E-state index in [1.165, 1.54) is 6.42 Å². The molecule has 0 bridgehead atoms. The molecule has 0 aromatic carbocycles. The summed E-state index contributed by atoms with van der Waals surface area (Å²) in [6, 6.07) is 6.56. The number of likely N-dealkylation sites (N-methyl/N-ethyl adjacent to an activating group) is 1. The lowest BCUT2D eigenvalue weighted by Gasteiger charge is -2.19. The van der Waals surface area contributed by atoms with Crippen LogP contribution >= 0.6 is 0 Å². The van der Waals surface area contributed by atoms with E-state index in [0.717, 1.165) is 36.7 Å². The van der Waals surface area contributed by atoms with Gasteiger partial charge in [-0.2, -0.15) is 0 Å². The highest BCUT2D eigenvalue weighted by Gasteiger charge is 2.24. The molecule has 1 saturated heterocycles. The summed E-state index contributed by atoms with van der Waals surface area (Å²) in [5, 5.41) is 4.14. The molecule has 0 spiro atoms. The van der Waals surface area contributed by atoms with Crippen molar-refractivity contribution in [2.24, 2.45) is 0 Å². The topological polar surface area (TPSA) is 45.4 Å². The number of likely N-dealkylation sites (tertiary alicyclic amines) is 1. The van der Waals surface area contributed by atoms with Crippen molar-refractivity contribution in [1.82, 2.24) is 19.9 Å². The van der Waals surface area contributed by atoms with E-state index in [1.54, 1.807) is 12.4 Å². The Bertz CT molecular complexity index is 552. The van der Waals surface area contributed by atoms with E-state index in [0.29, 0.717) is 6.04 Å². The Kier molecular flexibility index (Phi) is 3.80. The van der Waals surface area contributed by atoms with E-state index in [4.69, 9.17) is 4.52 Å². The summed E-state index contributed by atoms with van der Waals surface area (Å²) in [6.07, 6.45) is 4.76. The Morgan fingerprint density at radius 3 is 2.85 bits per heavy atom. The smallest absolute Gasteiger partial charge is 0.151 e. The maximum Gasteiger partial charge on any atom is 0.151 e. The van der Waals surface area contributed by atoms with Gasteiger partial charge in [-0.15, -0.1) is 0 Å². The molecule has 0 aliphatic carbocycles. The molecule has 20 heavy (non-hydrogen) atoms. The van der Waals surface area contributed by atoms with E-state index in [-0.39, 0.29) is 0 Å². The number of rotatable bonds is 4. The Hall–Kier alpha value is -1.72. The summed E-state index contributed by atoms with van der Waals surface area (Å²) in [4.78, 5) is 8.73. The first-order valence-corrected chi connectivity index (χ1v) is 6.97. The average molecular weight is 272 g/mol. The summed E-state index contributed by atoms with van der Waals surface area (Å²) in [7, 11) is 4.29. The lowest BCUT2D eigenvalue weighted by molar-refractivity contribution is 0.242. The minimum absolute atomic E-state index is 0.651. The van der Waals surface area contributed by atoms with E-state index in [2.05, 4.69) is 34.0 Å². The van der Waals surface area contributed by atoms with Crippen LogP contribution < -0.4 is 0 Å². The molecule has 1 aliphatic heterocycles. The highest BCUT2D eigenvalue weighted by Crippen LogP contribution is 2.21. The molecule has 0 unspecified atom stereocenters. The fraction of sp³-hybridized carbons (Fsp3) is 0.467. The first kappa shape index (κ1) is 13.3. The van der Waals surface area contributed by atoms with Crippen molar-refractivity contribution in [3.05, 3.63) is 36.4 Å². The Labute approximate surface area is 119 Å². The molecule has 1 fully saturated rings. The first-order chi connectivity index (χ1) is 9.72. The van der Waals surface area contributed by atoms with E-state index < -0.39 is 0 Å². The number of hydrogen-bond donors (Lipinski definition) is 0. The van der Waals surface area contributed by atoms with Crippen molar-refractivity contribution in [3.63, 3.8) is 0 Å². The van der Waals surface area contributed by atoms with Gasteiger partial charge in [0.2, 0.25) is 0 Å². The van der Waals surface area contributed by atoms with Crippen LogP contribution in [0.25, 0.3) is 11.3 Å². The monoisotopic (exact) mass is 272 g/mol. The molecule has 0 amide bonds. The number of nitrogens with zero attached hydrogens (tertiary/aromatic N) is 4. The quantitative estimate of drug-likeness (QED) is 0.850. The zero-order valence-electron chi connectivity index (χ0n) is 12.0. The van der Waals surface area contributed by atoms with Crippen LogP contribution in [0.5, 0.6) is 0 Å². The molecule has 5 nitrogen and oxygen atoms in total. The average Bonchev–Trinajstić information content (AvgIpc) is 3.10. The van der Waals surface area contributed by atoms with Crippen LogP contribution in [0.1, 0.15) is 12.2 Å². The van der Waals surface area contributed by atoms with Gasteiger partial charge in [0, 0.05) is 43.2 Å². The van der Waals surface area contributed by atoms with Crippen LogP contribution in [-0.4, -0.2) is 53.2 Å². The lowest BCUT2D eigenvalue weighted by Crippen LogP contribution is -2.31. The van der Waals surface area contributed by atoms with Gasteiger partial charge in [-0.3, -0.25) is 9.88 Å². The molecule has 5 heteroatoms. The molecule has 3 heterocycles. The van der Waals surface area contributed by atoms with Gasteiger partial charge in [0.25, 0.3) is 0 Å². The molecule has 0 N–H and O–H groups in total. The standard InChI is InChI=1S/C15H20N4O/c1-18(2)13-5-8-19(10-13)11-14-9-15(17-20-14)12-3-6-16-7-4-12/h3-4,6-7,9,13H,5,8,10-11H2,1-2H3/t13-/m0/s1. The first-order valence-electron chi connectivity index (χ1n) is 6.97. The molecular formula is C15H20N4O. The third-order valence-corrected chi connectivity index (χ3v) is 3.89. The lowest BCUT2D eigenvalue weighted by atomic mass is 10.2. The fourth-order valence-electron chi connectivity index (χ4n) is 2.64.